The van der Waals surface area contributed by atoms with Gasteiger partial charge in [0.15, 0.2) is 0 Å². The van der Waals surface area contributed by atoms with Crippen molar-refractivity contribution in [1.29, 1.82) is 5.26 Å². The number of hydrogen-bond donors (Lipinski definition) is 1. The first kappa shape index (κ1) is 21.5. The minimum atomic E-state index is -0.0493. The van der Waals surface area contributed by atoms with Crippen LogP contribution < -0.4 is 5.32 Å². The zero-order valence-corrected chi connectivity index (χ0v) is 17.1. The van der Waals surface area contributed by atoms with Crippen LogP contribution in [0.5, 0.6) is 0 Å². The van der Waals surface area contributed by atoms with Gasteiger partial charge in [-0.05, 0) is 57.1 Å². The summed E-state index contributed by atoms with van der Waals surface area (Å²) in [5.41, 5.74) is 2.93. The summed E-state index contributed by atoms with van der Waals surface area (Å²) >= 11 is 0. The van der Waals surface area contributed by atoms with E-state index in [2.05, 4.69) is 28.4 Å². The van der Waals surface area contributed by atoms with Gasteiger partial charge in [-0.3, -0.25) is 0 Å². The summed E-state index contributed by atoms with van der Waals surface area (Å²) < 4.78 is 0. The minimum absolute atomic E-state index is 0.0493. The average Bonchev–Trinajstić information content (AvgIpc) is 2.70. The summed E-state index contributed by atoms with van der Waals surface area (Å²) in [6.07, 6.45) is 1.84. The fourth-order valence-corrected chi connectivity index (χ4v) is 2.88. The molecule has 0 aromatic heterocycles. The quantitative estimate of drug-likeness (QED) is 0.724. The van der Waals surface area contributed by atoms with Gasteiger partial charge in [-0.1, -0.05) is 42.5 Å². The standard InChI is InChI=1S/C23H30N4O/c1-19(9-10-20-7-5-4-6-8-20)25-23(28)27(16-15-26(2)3)18-22-13-11-21(17-24)12-14-22/h4-8,11-14,19H,9-10,15-16,18H2,1-3H3,(H,25,28). The van der Waals surface area contributed by atoms with Gasteiger partial charge in [0.05, 0.1) is 11.6 Å². The van der Waals surface area contributed by atoms with E-state index in [0.717, 1.165) is 24.9 Å². The van der Waals surface area contributed by atoms with Crippen LogP contribution in [0.1, 0.15) is 30.0 Å². The molecule has 1 unspecified atom stereocenters. The van der Waals surface area contributed by atoms with Crippen molar-refractivity contribution in [1.82, 2.24) is 15.1 Å². The molecule has 0 spiro atoms. The highest BCUT2D eigenvalue weighted by molar-refractivity contribution is 5.74. The lowest BCUT2D eigenvalue weighted by Gasteiger charge is -2.27. The maximum absolute atomic E-state index is 12.8. The van der Waals surface area contributed by atoms with Gasteiger partial charge in [-0.2, -0.15) is 5.26 Å². The molecule has 5 heteroatoms. The number of aryl methyl sites for hydroxylation is 1. The highest BCUT2D eigenvalue weighted by Crippen LogP contribution is 2.09. The second-order valence-electron chi connectivity index (χ2n) is 7.41. The molecule has 0 aliphatic rings. The van der Waals surface area contributed by atoms with Gasteiger partial charge in [0.2, 0.25) is 0 Å². The second-order valence-corrected chi connectivity index (χ2v) is 7.41. The van der Waals surface area contributed by atoms with Crippen LogP contribution >= 0.6 is 0 Å². The van der Waals surface area contributed by atoms with E-state index in [1.165, 1.54) is 5.56 Å². The number of carbonyl (C=O) groups is 1. The number of nitrogens with one attached hydrogen (secondary N) is 1. The number of likely N-dealkylation sites (N-methyl/N-ethyl adjacent to an activating group) is 1. The third-order valence-corrected chi connectivity index (χ3v) is 4.64. The summed E-state index contributed by atoms with van der Waals surface area (Å²) in [6, 6.07) is 19.9. The van der Waals surface area contributed by atoms with Crippen molar-refractivity contribution in [3.63, 3.8) is 0 Å². The first-order valence-corrected chi connectivity index (χ1v) is 9.71. The zero-order chi connectivity index (χ0) is 20.4. The molecule has 0 aliphatic carbocycles. The van der Waals surface area contributed by atoms with Gasteiger partial charge in [0.25, 0.3) is 0 Å². The molecule has 0 heterocycles. The molecule has 2 rings (SSSR count). The predicted molar refractivity (Wildman–Crippen MR) is 113 cm³/mol. The van der Waals surface area contributed by atoms with E-state index in [9.17, 15) is 4.79 Å². The van der Waals surface area contributed by atoms with Crippen LogP contribution in [0.4, 0.5) is 4.79 Å². The molecule has 1 atom stereocenters. The Kier molecular flexibility index (Phi) is 8.51. The monoisotopic (exact) mass is 378 g/mol. The van der Waals surface area contributed by atoms with Crippen LogP contribution in [0.2, 0.25) is 0 Å². The molecule has 28 heavy (non-hydrogen) atoms. The van der Waals surface area contributed by atoms with Gasteiger partial charge in [0.1, 0.15) is 0 Å². The average molecular weight is 379 g/mol. The molecule has 0 bridgehead atoms. The van der Waals surface area contributed by atoms with Crippen LogP contribution in [-0.4, -0.2) is 49.1 Å². The van der Waals surface area contributed by atoms with Crippen molar-refractivity contribution in [2.24, 2.45) is 0 Å². The number of carbonyl (C=O) groups excluding carboxylic acids is 1. The van der Waals surface area contributed by atoms with E-state index in [-0.39, 0.29) is 12.1 Å². The number of nitrogens with zero attached hydrogens (tertiary/aromatic N) is 3. The normalized spacial score (nSPS) is 11.7. The third-order valence-electron chi connectivity index (χ3n) is 4.64. The van der Waals surface area contributed by atoms with E-state index in [1.807, 2.05) is 56.3 Å². The van der Waals surface area contributed by atoms with E-state index in [1.54, 1.807) is 12.1 Å². The van der Waals surface area contributed by atoms with Gasteiger partial charge >= 0.3 is 6.03 Å². The Morgan fingerprint density at radius 2 is 1.71 bits per heavy atom. The van der Waals surface area contributed by atoms with Gasteiger partial charge in [-0.25, -0.2) is 4.79 Å². The molecule has 2 amide bonds. The van der Waals surface area contributed by atoms with Crippen molar-refractivity contribution < 1.29 is 4.79 Å². The zero-order valence-electron chi connectivity index (χ0n) is 17.1. The van der Waals surface area contributed by atoms with E-state index < -0.39 is 0 Å². The van der Waals surface area contributed by atoms with E-state index in [0.29, 0.717) is 18.7 Å². The molecule has 5 nitrogen and oxygen atoms in total. The van der Waals surface area contributed by atoms with Crippen molar-refractivity contribution in [3.8, 4) is 6.07 Å². The lowest BCUT2D eigenvalue weighted by molar-refractivity contribution is 0.185. The minimum Gasteiger partial charge on any atom is -0.336 e. The first-order chi connectivity index (χ1) is 13.5. The predicted octanol–water partition coefficient (Wildman–Crippen LogP) is 3.65. The number of urea groups is 1. The lowest BCUT2D eigenvalue weighted by atomic mass is 10.1. The van der Waals surface area contributed by atoms with Crippen LogP contribution in [0.15, 0.2) is 54.6 Å². The Hall–Kier alpha value is -2.84. The molecule has 0 aliphatic heterocycles. The molecule has 0 saturated heterocycles. The first-order valence-electron chi connectivity index (χ1n) is 9.71. The van der Waals surface area contributed by atoms with Crippen molar-refractivity contribution in [2.75, 3.05) is 27.2 Å². The summed E-state index contributed by atoms with van der Waals surface area (Å²) in [6.45, 7) is 4.01. The topological polar surface area (TPSA) is 59.4 Å². The Morgan fingerprint density at radius 3 is 2.32 bits per heavy atom. The van der Waals surface area contributed by atoms with Crippen molar-refractivity contribution in [3.05, 3.63) is 71.3 Å². The van der Waals surface area contributed by atoms with Crippen LogP contribution in [0.3, 0.4) is 0 Å². The molecule has 1 N–H and O–H groups in total. The molecule has 148 valence electrons. The van der Waals surface area contributed by atoms with Crippen molar-refractivity contribution in [2.45, 2.75) is 32.4 Å². The summed E-state index contributed by atoms with van der Waals surface area (Å²) in [5, 5.41) is 12.1. The number of hydrogen-bond acceptors (Lipinski definition) is 3. The smallest absolute Gasteiger partial charge is 0.317 e. The summed E-state index contributed by atoms with van der Waals surface area (Å²) in [4.78, 5) is 16.8. The Balaban J connectivity index is 1.94. The third kappa shape index (κ3) is 7.42. The molecule has 2 aromatic rings. The molecular formula is C23H30N4O. The number of nitriles is 1. The fraction of sp³-hybridized carbons (Fsp3) is 0.391. The van der Waals surface area contributed by atoms with Gasteiger partial charge in [0, 0.05) is 25.7 Å². The van der Waals surface area contributed by atoms with Gasteiger partial charge in [-0.15, -0.1) is 0 Å². The number of amides is 2. The van der Waals surface area contributed by atoms with Crippen LogP contribution in [0, 0.1) is 11.3 Å². The lowest BCUT2D eigenvalue weighted by Crippen LogP contribution is -2.45. The van der Waals surface area contributed by atoms with E-state index >= 15 is 0 Å². The van der Waals surface area contributed by atoms with E-state index in [4.69, 9.17) is 5.26 Å². The fourth-order valence-electron chi connectivity index (χ4n) is 2.88. The summed E-state index contributed by atoms with van der Waals surface area (Å²) in [5.74, 6) is 0. The Morgan fingerprint density at radius 1 is 1.04 bits per heavy atom. The molecule has 0 fully saturated rings. The Bertz CT molecular complexity index is 765. The SMILES string of the molecule is CC(CCc1ccccc1)NC(=O)N(CCN(C)C)Cc1ccc(C#N)cc1. The largest absolute Gasteiger partial charge is 0.336 e. The number of rotatable bonds is 9. The highest BCUT2D eigenvalue weighted by atomic mass is 16.2. The molecule has 0 radical (unpaired) electrons. The summed E-state index contributed by atoms with van der Waals surface area (Å²) in [7, 11) is 4.00. The Labute approximate surface area is 168 Å². The van der Waals surface area contributed by atoms with Crippen LogP contribution in [0.25, 0.3) is 0 Å². The molecular weight excluding hydrogens is 348 g/mol. The maximum atomic E-state index is 12.8. The maximum Gasteiger partial charge on any atom is 0.317 e. The second kappa shape index (κ2) is 11.1. The van der Waals surface area contributed by atoms with Crippen LogP contribution in [-0.2, 0) is 13.0 Å². The van der Waals surface area contributed by atoms with Crippen molar-refractivity contribution >= 4 is 6.03 Å². The van der Waals surface area contributed by atoms with Gasteiger partial charge < -0.3 is 15.1 Å². The highest BCUT2D eigenvalue weighted by Gasteiger charge is 2.16. The molecule has 0 saturated carbocycles. The number of benzene rings is 2. The molecule has 2 aromatic carbocycles.